The van der Waals surface area contributed by atoms with Crippen molar-refractivity contribution < 1.29 is 0 Å². The second kappa shape index (κ2) is 4.57. The number of guanidine groups is 1. The molecule has 0 spiro atoms. The summed E-state index contributed by atoms with van der Waals surface area (Å²) in [6.45, 7) is 2.49. The molecule has 2 aromatic rings. The van der Waals surface area contributed by atoms with Gasteiger partial charge in [0.05, 0.1) is 12.2 Å². The minimum atomic E-state index is 0.173. The average molecular weight is 215 g/mol. The molecule has 0 atom stereocenters. The average Bonchev–Trinajstić information content (AvgIpc) is 2.70. The summed E-state index contributed by atoms with van der Waals surface area (Å²) in [4.78, 5) is 7.30. The number of H-pyrrole nitrogens is 1. The van der Waals surface area contributed by atoms with Crippen LogP contribution in [0.25, 0.3) is 10.9 Å². The Morgan fingerprint density at radius 3 is 3.00 bits per heavy atom. The van der Waals surface area contributed by atoms with Crippen LogP contribution >= 0.6 is 0 Å². The highest BCUT2D eigenvalue weighted by molar-refractivity contribution is 5.94. The largest absolute Gasteiger partial charge is 0.366 e. The first-order chi connectivity index (χ1) is 7.81. The van der Waals surface area contributed by atoms with Crippen LogP contribution in [0.3, 0.4) is 0 Å². The van der Waals surface area contributed by atoms with Gasteiger partial charge in [-0.25, -0.2) is 4.99 Å². The molecule has 82 valence electrons. The molecule has 0 fully saturated rings. The summed E-state index contributed by atoms with van der Waals surface area (Å²) in [5, 5.41) is 8.58. The summed E-state index contributed by atoms with van der Waals surface area (Å²) in [5.74, 6) is 0.173. The molecule has 5 nitrogen and oxygen atoms in total. The van der Waals surface area contributed by atoms with Crippen LogP contribution < -0.4 is 5.73 Å². The molecule has 0 amide bonds. The number of azo groups is 1. The highest BCUT2D eigenvalue weighted by Crippen LogP contribution is 2.25. The van der Waals surface area contributed by atoms with Crippen LogP contribution in [0.1, 0.15) is 6.92 Å². The van der Waals surface area contributed by atoms with E-state index >= 15 is 0 Å². The van der Waals surface area contributed by atoms with Gasteiger partial charge in [-0.15, -0.1) is 5.11 Å². The van der Waals surface area contributed by atoms with Gasteiger partial charge >= 0.3 is 0 Å². The third-order valence-electron chi connectivity index (χ3n) is 2.12. The standard InChI is InChI=1S/C11H13N5/c1-2-14-16-11(12)15-10-7-13-9-6-4-3-5-8(9)10/h3-7,13H,2H2,1H3,(H2,12,15). The number of aliphatic imine (C=N–C) groups is 1. The molecule has 0 saturated carbocycles. The van der Waals surface area contributed by atoms with Crippen LogP contribution in [-0.2, 0) is 0 Å². The van der Waals surface area contributed by atoms with E-state index < -0.39 is 0 Å². The first kappa shape index (κ1) is 10.4. The van der Waals surface area contributed by atoms with Crippen LogP contribution in [0.4, 0.5) is 5.69 Å². The maximum absolute atomic E-state index is 5.62. The van der Waals surface area contributed by atoms with Gasteiger partial charge < -0.3 is 10.7 Å². The lowest BCUT2D eigenvalue weighted by Crippen LogP contribution is -2.06. The lowest BCUT2D eigenvalue weighted by Gasteiger charge is -1.92. The van der Waals surface area contributed by atoms with Gasteiger partial charge in [0.15, 0.2) is 0 Å². The molecule has 0 aliphatic rings. The van der Waals surface area contributed by atoms with E-state index in [1.807, 2.05) is 31.2 Å². The van der Waals surface area contributed by atoms with Crippen molar-refractivity contribution in [3.05, 3.63) is 30.5 Å². The molecule has 0 aliphatic carbocycles. The van der Waals surface area contributed by atoms with Gasteiger partial charge in [-0.3, -0.25) is 0 Å². The molecule has 1 aromatic heterocycles. The van der Waals surface area contributed by atoms with Crippen molar-refractivity contribution in [3.63, 3.8) is 0 Å². The topological polar surface area (TPSA) is 78.9 Å². The maximum Gasteiger partial charge on any atom is 0.240 e. The highest BCUT2D eigenvalue weighted by atomic mass is 15.2. The molecule has 2 rings (SSSR count). The fourth-order valence-electron chi connectivity index (χ4n) is 1.44. The van der Waals surface area contributed by atoms with Gasteiger partial charge in [0.25, 0.3) is 0 Å². The van der Waals surface area contributed by atoms with E-state index in [0.29, 0.717) is 6.54 Å². The summed E-state index contributed by atoms with van der Waals surface area (Å²) in [7, 11) is 0. The third kappa shape index (κ3) is 2.08. The quantitative estimate of drug-likeness (QED) is 0.450. The Morgan fingerprint density at radius 2 is 2.19 bits per heavy atom. The van der Waals surface area contributed by atoms with Crippen LogP contribution in [-0.4, -0.2) is 17.5 Å². The molecule has 5 heteroatoms. The number of hydrogen-bond acceptors (Lipinski definition) is 2. The van der Waals surface area contributed by atoms with E-state index in [9.17, 15) is 0 Å². The van der Waals surface area contributed by atoms with Crippen LogP contribution in [0, 0.1) is 0 Å². The van der Waals surface area contributed by atoms with Gasteiger partial charge in [0, 0.05) is 17.1 Å². The predicted octanol–water partition coefficient (Wildman–Crippen LogP) is 2.59. The van der Waals surface area contributed by atoms with E-state index in [4.69, 9.17) is 5.73 Å². The fourth-order valence-corrected chi connectivity index (χ4v) is 1.44. The molecule has 1 heterocycles. The summed E-state index contributed by atoms with van der Waals surface area (Å²) in [6, 6.07) is 7.89. The first-order valence-corrected chi connectivity index (χ1v) is 5.09. The molecule has 0 unspecified atom stereocenters. The lowest BCUT2D eigenvalue weighted by atomic mass is 10.2. The SMILES string of the molecule is CCN=NC(N)=Nc1c[nH]c2ccccc12. The first-order valence-electron chi connectivity index (χ1n) is 5.09. The Balaban J connectivity index is 2.37. The Morgan fingerprint density at radius 1 is 1.38 bits per heavy atom. The minimum absolute atomic E-state index is 0.173. The molecule has 0 aliphatic heterocycles. The number of nitrogens with two attached hydrogens (primary N) is 1. The normalized spacial score (nSPS) is 12.7. The highest BCUT2D eigenvalue weighted by Gasteiger charge is 2.01. The summed E-state index contributed by atoms with van der Waals surface area (Å²) < 4.78 is 0. The minimum Gasteiger partial charge on any atom is -0.366 e. The van der Waals surface area contributed by atoms with Gasteiger partial charge in [0.2, 0.25) is 5.96 Å². The van der Waals surface area contributed by atoms with Crippen molar-refractivity contribution in [2.24, 2.45) is 21.0 Å². The fraction of sp³-hybridized carbons (Fsp3) is 0.182. The van der Waals surface area contributed by atoms with E-state index in [0.717, 1.165) is 16.6 Å². The van der Waals surface area contributed by atoms with Gasteiger partial charge in [-0.1, -0.05) is 18.2 Å². The Labute approximate surface area is 93.1 Å². The lowest BCUT2D eigenvalue weighted by molar-refractivity contribution is 1.01. The summed E-state index contributed by atoms with van der Waals surface area (Å²) >= 11 is 0. The molecule has 1 aromatic carbocycles. The van der Waals surface area contributed by atoms with Crippen LogP contribution in [0.15, 0.2) is 45.7 Å². The van der Waals surface area contributed by atoms with Gasteiger partial charge in [-0.05, 0) is 13.0 Å². The van der Waals surface area contributed by atoms with E-state index in [1.165, 1.54) is 0 Å². The van der Waals surface area contributed by atoms with Crippen molar-refractivity contribution in [2.45, 2.75) is 6.92 Å². The van der Waals surface area contributed by atoms with Gasteiger partial charge in [-0.2, -0.15) is 5.11 Å². The van der Waals surface area contributed by atoms with Crippen molar-refractivity contribution in [1.82, 2.24) is 4.98 Å². The molecular formula is C11H13N5. The molecular weight excluding hydrogens is 202 g/mol. The third-order valence-corrected chi connectivity index (χ3v) is 2.12. The zero-order valence-corrected chi connectivity index (χ0v) is 9.01. The number of hydrogen-bond donors (Lipinski definition) is 2. The van der Waals surface area contributed by atoms with Crippen LogP contribution in [0.2, 0.25) is 0 Å². The van der Waals surface area contributed by atoms with Crippen molar-refractivity contribution in [2.75, 3.05) is 6.54 Å². The van der Waals surface area contributed by atoms with Crippen molar-refractivity contribution in [1.29, 1.82) is 0 Å². The second-order valence-corrected chi connectivity index (χ2v) is 3.25. The molecule has 16 heavy (non-hydrogen) atoms. The van der Waals surface area contributed by atoms with E-state index in [-0.39, 0.29) is 5.96 Å². The number of aromatic nitrogens is 1. The number of nitrogens with zero attached hydrogens (tertiary/aromatic N) is 3. The Hall–Kier alpha value is -2.17. The predicted molar refractivity (Wildman–Crippen MR) is 65.0 cm³/mol. The number of aromatic amines is 1. The number of fused-ring (bicyclic) bond motifs is 1. The molecule has 0 bridgehead atoms. The Kier molecular flexibility index (Phi) is 2.95. The summed E-state index contributed by atoms with van der Waals surface area (Å²) in [6.07, 6.45) is 1.80. The summed E-state index contributed by atoms with van der Waals surface area (Å²) in [5.41, 5.74) is 7.43. The van der Waals surface area contributed by atoms with Crippen molar-refractivity contribution >= 4 is 22.5 Å². The molecule has 3 N–H and O–H groups in total. The second-order valence-electron chi connectivity index (χ2n) is 3.25. The van der Waals surface area contributed by atoms with Gasteiger partial charge in [0.1, 0.15) is 0 Å². The smallest absolute Gasteiger partial charge is 0.240 e. The maximum atomic E-state index is 5.62. The zero-order chi connectivity index (χ0) is 11.4. The van der Waals surface area contributed by atoms with E-state index in [2.05, 4.69) is 20.2 Å². The van der Waals surface area contributed by atoms with Crippen molar-refractivity contribution in [3.8, 4) is 0 Å². The zero-order valence-electron chi connectivity index (χ0n) is 9.01. The Bertz CT molecular complexity index is 538. The van der Waals surface area contributed by atoms with Crippen LogP contribution in [0.5, 0.6) is 0 Å². The number of benzene rings is 1. The number of rotatable bonds is 2. The number of para-hydroxylation sites is 1. The molecule has 0 radical (unpaired) electrons. The number of nitrogens with one attached hydrogen (secondary N) is 1. The molecule has 0 saturated heterocycles. The van der Waals surface area contributed by atoms with E-state index in [1.54, 1.807) is 6.20 Å². The monoisotopic (exact) mass is 215 g/mol.